The van der Waals surface area contributed by atoms with E-state index < -0.39 is 0 Å². The quantitative estimate of drug-likeness (QED) is 0.674. The monoisotopic (exact) mass is 316 g/mol. The smallest absolute Gasteiger partial charge is 0.200 e. The fourth-order valence-corrected chi connectivity index (χ4v) is 3.63. The lowest BCUT2D eigenvalue weighted by atomic mass is 9.91. The van der Waals surface area contributed by atoms with E-state index in [2.05, 4.69) is 0 Å². The van der Waals surface area contributed by atoms with Crippen molar-refractivity contribution < 1.29 is 9.59 Å². The summed E-state index contributed by atoms with van der Waals surface area (Å²) >= 11 is 1.34. The van der Waals surface area contributed by atoms with E-state index in [4.69, 9.17) is 0 Å². The van der Waals surface area contributed by atoms with Gasteiger partial charge in [-0.25, -0.2) is 0 Å². The molecule has 0 radical (unpaired) electrons. The summed E-state index contributed by atoms with van der Waals surface area (Å²) in [5.41, 5.74) is 0.987. The number of hydrogen-bond acceptors (Lipinski definition) is 3. The molecule has 0 fully saturated rings. The van der Waals surface area contributed by atoms with Crippen LogP contribution in [0.1, 0.15) is 20.7 Å². The average Bonchev–Trinajstić information content (AvgIpc) is 2.59. The van der Waals surface area contributed by atoms with Crippen molar-refractivity contribution >= 4 is 34.1 Å². The maximum atomic E-state index is 12.8. The molecular weight excluding hydrogens is 304 g/mol. The predicted molar refractivity (Wildman–Crippen MR) is 93.0 cm³/mol. The van der Waals surface area contributed by atoms with Gasteiger partial charge < -0.3 is 0 Å². The third-order valence-electron chi connectivity index (χ3n) is 3.85. The van der Waals surface area contributed by atoms with Crippen LogP contribution in [0.15, 0.2) is 82.6 Å². The second-order valence-corrected chi connectivity index (χ2v) is 6.48. The summed E-state index contributed by atoms with van der Waals surface area (Å²) in [7, 11) is 0. The van der Waals surface area contributed by atoms with E-state index in [1.165, 1.54) is 17.8 Å². The number of Topliss-reactive ketones (excluding diaryl/α,β-unsaturated/α-hetero) is 1. The van der Waals surface area contributed by atoms with Gasteiger partial charge in [0.1, 0.15) is 0 Å². The minimum atomic E-state index is -0.108. The Morgan fingerprint density at radius 1 is 0.696 bits per heavy atom. The molecule has 0 saturated carbocycles. The SMILES string of the molecule is O=C1C=C(Sc2ccccc2)C(=O)c2cc3ccccc3cc21. The van der Waals surface area contributed by atoms with Crippen molar-refractivity contribution in [3.63, 3.8) is 0 Å². The van der Waals surface area contributed by atoms with Crippen LogP contribution in [0.3, 0.4) is 0 Å². The molecule has 1 aliphatic rings. The second kappa shape index (κ2) is 5.52. The maximum Gasteiger partial charge on any atom is 0.200 e. The van der Waals surface area contributed by atoms with Gasteiger partial charge in [0.25, 0.3) is 0 Å². The number of rotatable bonds is 2. The first-order chi connectivity index (χ1) is 11.2. The van der Waals surface area contributed by atoms with Gasteiger partial charge in [-0.2, -0.15) is 0 Å². The fourth-order valence-electron chi connectivity index (χ4n) is 2.72. The number of carbonyl (C=O) groups is 2. The van der Waals surface area contributed by atoms with Crippen LogP contribution in [0.5, 0.6) is 0 Å². The van der Waals surface area contributed by atoms with Crippen molar-refractivity contribution in [2.45, 2.75) is 4.90 Å². The van der Waals surface area contributed by atoms with E-state index in [-0.39, 0.29) is 11.6 Å². The van der Waals surface area contributed by atoms with Crippen LogP contribution in [0, 0.1) is 0 Å². The molecule has 4 rings (SSSR count). The molecular formula is C20H12O2S. The van der Waals surface area contributed by atoms with Gasteiger partial charge in [0, 0.05) is 22.1 Å². The zero-order valence-electron chi connectivity index (χ0n) is 12.2. The van der Waals surface area contributed by atoms with Crippen LogP contribution in [0.2, 0.25) is 0 Å². The highest BCUT2D eigenvalue weighted by Gasteiger charge is 2.26. The highest BCUT2D eigenvalue weighted by Crippen LogP contribution is 2.34. The van der Waals surface area contributed by atoms with Crippen molar-refractivity contribution in [2.75, 3.05) is 0 Å². The first-order valence-electron chi connectivity index (χ1n) is 7.29. The normalized spacial score (nSPS) is 13.8. The summed E-state index contributed by atoms with van der Waals surface area (Å²) in [4.78, 5) is 26.6. The minimum Gasteiger partial charge on any atom is -0.289 e. The lowest BCUT2D eigenvalue weighted by Gasteiger charge is -2.15. The molecule has 23 heavy (non-hydrogen) atoms. The minimum absolute atomic E-state index is 0.0841. The number of carbonyl (C=O) groups excluding carboxylic acids is 2. The zero-order valence-corrected chi connectivity index (χ0v) is 13.0. The Bertz CT molecular complexity index is 971. The predicted octanol–water partition coefficient (Wildman–Crippen LogP) is 4.90. The largest absolute Gasteiger partial charge is 0.289 e. The van der Waals surface area contributed by atoms with Crippen molar-refractivity contribution in [3.05, 3.63) is 88.8 Å². The number of thioether (sulfide) groups is 1. The van der Waals surface area contributed by atoms with Crippen molar-refractivity contribution in [1.82, 2.24) is 0 Å². The molecule has 0 heterocycles. The van der Waals surface area contributed by atoms with Crippen LogP contribution >= 0.6 is 11.8 Å². The maximum absolute atomic E-state index is 12.8. The lowest BCUT2D eigenvalue weighted by Crippen LogP contribution is -2.15. The molecule has 0 spiro atoms. The number of ketones is 2. The second-order valence-electron chi connectivity index (χ2n) is 5.36. The van der Waals surface area contributed by atoms with Crippen LogP contribution in [-0.2, 0) is 0 Å². The number of benzene rings is 3. The van der Waals surface area contributed by atoms with Crippen LogP contribution in [0.4, 0.5) is 0 Å². The van der Waals surface area contributed by atoms with Gasteiger partial charge in [-0.15, -0.1) is 0 Å². The van der Waals surface area contributed by atoms with E-state index in [9.17, 15) is 9.59 Å². The van der Waals surface area contributed by atoms with Crippen LogP contribution in [0.25, 0.3) is 10.8 Å². The van der Waals surface area contributed by atoms with Crippen molar-refractivity contribution in [2.24, 2.45) is 0 Å². The molecule has 0 amide bonds. The van der Waals surface area contributed by atoms with Gasteiger partial charge in [0.2, 0.25) is 5.78 Å². The van der Waals surface area contributed by atoms with Crippen LogP contribution in [-0.4, -0.2) is 11.6 Å². The van der Waals surface area contributed by atoms with E-state index in [1.807, 2.05) is 66.7 Å². The first-order valence-corrected chi connectivity index (χ1v) is 8.10. The van der Waals surface area contributed by atoms with Gasteiger partial charge >= 0.3 is 0 Å². The summed E-state index contributed by atoms with van der Waals surface area (Å²) in [6.45, 7) is 0. The van der Waals surface area contributed by atoms with Crippen molar-refractivity contribution in [3.8, 4) is 0 Å². The Morgan fingerprint density at radius 2 is 1.30 bits per heavy atom. The topological polar surface area (TPSA) is 34.1 Å². The Morgan fingerprint density at radius 3 is 2.00 bits per heavy atom. The summed E-state index contributed by atoms with van der Waals surface area (Å²) in [6, 6.07) is 21.0. The van der Waals surface area contributed by atoms with E-state index in [1.54, 1.807) is 0 Å². The molecule has 0 saturated heterocycles. The molecule has 3 aromatic carbocycles. The standard InChI is InChI=1S/C20H12O2S/c21-18-12-19(23-15-8-2-1-3-9-15)20(22)17-11-14-7-5-4-6-13(14)10-16(17)18/h1-12H. The summed E-state index contributed by atoms with van der Waals surface area (Å²) in [5, 5.41) is 1.94. The van der Waals surface area contributed by atoms with Gasteiger partial charge in [-0.3, -0.25) is 9.59 Å². The third kappa shape index (κ3) is 2.49. The number of hydrogen-bond donors (Lipinski definition) is 0. The lowest BCUT2D eigenvalue weighted by molar-refractivity contribution is 0.0991. The molecule has 0 bridgehead atoms. The highest BCUT2D eigenvalue weighted by molar-refractivity contribution is 8.04. The van der Waals surface area contributed by atoms with Gasteiger partial charge in [-0.1, -0.05) is 54.2 Å². The van der Waals surface area contributed by atoms with E-state index in [0.29, 0.717) is 16.0 Å². The fraction of sp³-hybridized carbons (Fsp3) is 0. The molecule has 0 aromatic heterocycles. The van der Waals surface area contributed by atoms with Gasteiger partial charge in [-0.05, 0) is 35.0 Å². The Kier molecular flexibility index (Phi) is 3.36. The molecule has 110 valence electrons. The first kappa shape index (κ1) is 14.0. The molecule has 0 unspecified atom stereocenters. The molecule has 0 atom stereocenters. The molecule has 3 heteroatoms. The Hall–Kier alpha value is -2.65. The van der Waals surface area contributed by atoms with Crippen molar-refractivity contribution in [1.29, 1.82) is 0 Å². The molecule has 1 aliphatic carbocycles. The summed E-state index contributed by atoms with van der Waals surface area (Å²) in [6.07, 6.45) is 1.46. The highest BCUT2D eigenvalue weighted by atomic mass is 32.2. The Balaban J connectivity index is 1.79. The molecule has 0 aliphatic heterocycles. The molecule has 2 nitrogen and oxygen atoms in total. The molecule has 0 N–H and O–H groups in total. The van der Waals surface area contributed by atoms with Crippen LogP contribution < -0.4 is 0 Å². The van der Waals surface area contributed by atoms with Gasteiger partial charge in [0.15, 0.2) is 5.78 Å². The number of allylic oxidation sites excluding steroid dienone is 2. The summed E-state index contributed by atoms with van der Waals surface area (Å²) in [5.74, 6) is -0.192. The number of fused-ring (bicyclic) bond motifs is 2. The third-order valence-corrected chi connectivity index (χ3v) is 4.88. The zero-order chi connectivity index (χ0) is 15.8. The van der Waals surface area contributed by atoms with E-state index >= 15 is 0 Å². The van der Waals surface area contributed by atoms with E-state index in [0.717, 1.165) is 15.7 Å². The average molecular weight is 316 g/mol. The Labute approximate surface area is 137 Å². The summed E-state index contributed by atoms with van der Waals surface area (Å²) < 4.78 is 0. The molecule has 3 aromatic rings. The van der Waals surface area contributed by atoms with Gasteiger partial charge in [0.05, 0.1) is 4.91 Å².